The molecule has 0 saturated heterocycles. The molecule has 4 heterocycles. The van der Waals surface area contributed by atoms with Crippen molar-refractivity contribution in [3.8, 4) is 5.95 Å². The molecule has 2 N–H and O–H groups in total. The number of nitrogens with one attached hydrogen (secondary N) is 2. The van der Waals surface area contributed by atoms with Gasteiger partial charge in [-0.25, -0.2) is 19.6 Å². The van der Waals surface area contributed by atoms with Crippen LogP contribution in [0.3, 0.4) is 0 Å². The Morgan fingerprint density at radius 3 is 2.68 bits per heavy atom. The van der Waals surface area contributed by atoms with Crippen molar-refractivity contribution in [3.63, 3.8) is 0 Å². The number of hydrogen-bond donors (Lipinski definition) is 2. The molecule has 9 nitrogen and oxygen atoms in total. The molecule has 1 aliphatic heterocycles. The van der Waals surface area contributed by atoms with Crippen LogP contribution < -0.4 is 16.2 Å². The molecular weight excluding hydrogens is 428 g/mol. The topological polar surface area (TPSA) is 103 Å². The monoisotopic (exact) mass is 458 g/mol. The summed E-state index contributed by atoms with van der Waals surface area (Å²) >= 11 is 0. The van der Waals surface area contributed by atoms with Crippen LogP contribution in [0.25, 0.3) is 17.0 Å². The van der Waals surface area contributed by atoms with Crippen LogP contribution in [0.1, 0.15) is 57.5 Å². The largest absolute Gasteiger partial charge is 0.324 e. The van der Waals surface area contributed by atoms with Gasteiger partial charge < -0.3 is 10.6 Å². The Bertz CT molecular complexity index is 1430. The maximum atomic E-state index is 13.3. The Balaban J connectivity index is 1.63. The Morgan fingerprint density at radius 1 is 1.09 bits per heavy atom. The maximum absolute atomic E-state index is 13.3. The summed E-state index contributed by atoms with van der Waals surface area (Å²) in [6, 6.07) is 8.09. The van der Waals surface area contributed by atoms with E-state index in [0.717, 1.165) is 30.9 Å². The van der Waals surface area contributed by atoms with Crippen molar-refractivity contribution in [3.05, 3.63) is 63.8 Å². The molecule has 3 aromatic heterocycles. The highest BCUT2D eigenvalue weighted by Gasteiger charge is 2.23. The summed E-state index contributed by atoms with van der Waals surface area (Å²) in [5, 5.41) is 7.13. The number of benzene rings is 1. The second-order valence-corrected chi connectivity index (χ2v) is 10.0. The zero-order valence-corrected chi connectivity index (χ0v) is 20.3. The molecule has 0 atom stereocenters. The first-order chi connectivity index (χ1) is 16.2. The third-order valence-electron chi connectivity index (χ3n) is 6.06. The van der Waals surface area contributed by atoms with Gasteiger partial charge in [0.25, 0.3) is 11.5 Å². The molecule has 0 radical (unpaired) electrons. The summed E-state index contributed by atoms with van der Waals surface area (Å²) < 4.78 is 3.35. The molecule has 0 amide bonds. The lowest BCUT2D eigenvalue weighted by molar-refractivity contribution is 0.463. The number of fused-ring (bicyclic) bond motifs is 2. The molecule has 1 aliphatic rings. The van der Waals surface area contributed by atoms with Gasteiger partial charge in [-0.2, -0.15) is 9.67 Å². The molecule has 0 aliphatic carbocycles. The lowest BCUT2D eigenvalue weighted by atomic mass is 9.92. The molecule has 1 aromatic carbocycles. The summed E-state index contributed by atoms with van der Waals surface area (Å²) in [7, 11) is 0. The molecule has 0 spiro atoms. The van der Waals surface area contributed by atoms with Crippen LogP contribution in [0.5, 0.6) is 0 Å². The number of anilines is 2. The molecular formula is C25H30N8O. The van der Waals surface area contributed by atoms with Crippen molar-refractivity contribution in [1.29, 1.82) is 0 Å². The van der Waals surface area contributed by atoms with Gasteiger partial charge in [-0.1, -0.05) is 26.8 Å². The van der Waals surface area contributed by atoms with Gasteiger partial charge in [0.05, 0.1) is 5.69 Å². The highest BCUT2D eigenvalue weighted by molar-refractivity contribution is 5.76. The van der Waals surface area contributed by atoms with E-state index in [-0.39, 0.29) is 17.0 Å². The molecule has 4 aromatic rings. The van der Waals surface area contributed by atoms with Gasteiger partial charge in [0.1, 0.15) is 5.39 Å². The van der Waals surface area contributed by atoms with Crippen LogP contribution in [-0.2, 0) is 18.4 Å². The summed E-state index contributed by atoms with van der Waals surface area (Å²) in [6.45, 7) is 12.1. The van der Waals surface area contributed by atoms with Crippen LogP contribution in [-0.4, -0.2) is 35.8 Å². The van der Waals surface area contributed by atoms with Gasteiger partial charge in [0.15, 0.2) is 5.65 Å². The lowest BCUT2D eigenvalue weighted by Crippen LogP contribution is -2.26. The average Bonchev–Trinajstić information content (AvgIpc) is 3.10. The SMILES string of the molecule is CC(C)n1c(=O)c2cnc(Nc3ccc4c(c3)CCNC4)nc2n1-c1nccc(C(C)(C)C)n1. The van der Waals surface area contributed by atoms with Gasteiger partial charge in [0, 0.05) is 36.1 Å². The maximum Gasteiger partial charge on any atom is 0.278 e. The average molecular weight is 459 g/mol. The van der Waals surface area contributed by atoms with Crippen molar-refractivity contribution in [1.82, 2.24) is 34.6 Å². The van der Waals surface area contributed by atoms with Crippen molar-refractivity contribution in [2.24, 2.45) is 0 Å². The zero-order valence-electron chi connectivity index (χ0n) is 20.3. The second kappa shape index (κ2) is 8.32. The summed E-state index contributed by atoms with van der Waals surface area (Å²) in [4.78, 5) is 31.7. The second-order valence-electron chi connectivity index (χ2n) is 10.0. The van der Waals surface area contributed by atoms with E-state index in [1.54, 1.807) is 21.8 Å². The van der Waals surface area contributed by atoms with Gasteiger partial charge in [-0.15, -0.1) is 0 Å². The fourth-order valence-corrected chi connectivity index (χ4v) is 4.27. The van der Waals surface area contributed by atoms with E-state index in [1.807, 2.05) is 26.0 Å². The zero-order chi connectivity index (χ0) is 24.0. The van der Waals surface area contributed by atoms with Crippen LogP contribution >= 0.6 is 0 Å². The predicted molar refractivity (Wildman–Crippen MR) is 133 cm³/mol. The molecule has 0 bridgehead atoms. The molecule has 9 heteroatoms. The molecule has 0 fully saturated rings. The van der Waals surface area contributed by atoms with Gasteiger partial charge in [-0.3, -0.25) is 4.79 Å². The molecule has 34 heavy (non-hydrogen) atoms. The molecule has 0 saturated carbocycles. The van der Waals surface area contributed by atoms with E-state index in [9.17, 15) is 4.79 Å². The van der Waals surface area contributed by atoms with Crippen molar-refractivity contribution < 1.29 is 0 Å². The van der Waals surface area contributed by atoms with Crippen LogP contribution in [0, 0.1) is 0 Å². The van der Waals surface area contributed by atoms with E-state index in [4.69, 9.17) is 9.97 Å². The van der Waals surface area contributed by atoms with Crippen molar-refractivity contribution >= 4 is 22.7 Å². The molecule has 0 unspecified atom stereocenters. The van der Waals surface area contributed by atoms with Gasteiger partial charge in [0.2, 0.25) is 5.95 Å². The van der Waals surface area contributed by atoms with Gasteiger partial charge >= 0.3 is 0 Å². The van der Waals surface area contributed by atoms with Crippen LogP contribution in [0.15, 0.2) is 41.5 Å². The third kappa shape index (κ3) is 3.96. The van der Waals surface area contributed by atoms with Crippen LogP contribution in [0.2, 0.25) is 0 Å². The minimum Gasteiger partial charge on any atom is -0.324 e. The van der Waals surface area contributed by atoms with Crippen LogP contribution in [0.4, 0.5) is 11.6 Å². The minimum atomic E-state index is -0.164. The van der Waals surface area contributed by atoms with E-state index in [1.165, 1.54) is 11.1 Å². The Morgan fingerprint density at radius 2 is 1.91 bits per heavy atom. The first-order valence-corrected chi connectivity index (χ1v) is 11.7. The van der Waals surface area contributed by atoms with E-state index in [2.05, 4.69) is 53.5 Å². The Hall–Kier alpha value is -3.59. The first kappa shape index (κ1) is 22.2. The fraction of sp³-hybridized carbons (Fsp3) is 0.400. The van der Waals surface area contributed by atoms with E-state index in [0.29, 0.717) is 22.9 Å². The standard InChI is InChI=1S/C25H30N8O/c1-15(2)32-22(34)19-14-28-23(29-18-7-6-17-13-26-10-8-16(17)12-18)31-21(19)33(32)24-27-11-9-20(30-24)25(3,4)5/h6-7,9,11-12,14-15,26H,8,10,13H2,1-5H3,(H,28,29,31). The highest BCUT2D eigenvalue weighted by atomic mass is 16.1. The normalized spacial score (nSPS) is 13.9. The van der Waals surface area contributed by atoms with Crippen molar-refractivity contribution in [2.45, 2.75) is 59.0 Å². The molecule has 5 rings (SSSR count). The smallest absolute Gasteiger partial charge is 0.278 e. The van der Waals surface area contributed by atoms with Crippen molar-refractivity contribution in [2.75, 3.05) is 11.9 Å². The fourth-order valence-electron chi connectivity index (χ4n) is 4.27. The third-order valence-corrected chi connectivity index (χ3v) is 6.06. The summed E-state index contributed by atoms with van der Waals surface area (Å²) in [5.74, 6) is 0.835. The summed E-state index contributed by atoms with van der Waals surface area (Å²) in [6.07, 6.45) is 4.30. The van der Waals surface area contributed by atoms with Gasteiger partial charge in [-0.05, 0) is 56.1 Å². The number of hydrogen-bond acceptors (Lipinski definition) is 7. The predicted octanol–water partition coefficient (Wildman–Crippen LogP) is 3.64. The Labute approximate surface area is 198 Å². The van der Waals surface area contributed by atoms with E-state index >= 15 is 0 Å². The van der Waals surface area contributed by atoms with E-state index < -0.39 is 0 Å². The quantitative estimate of drug-likeness (QED) is 0.481. The summed E-state index contributed by atoms with van der Waals surface area (Å²) in [5.41, 5.74) is 4.59. The number of nitrogens with zero attached hydrogens (tertiary/aromatic N) is 6. The highest BCUT2D eigenvalue weighted by Crippen LogP contribution is 2.24. The lowest BCUT2D eigenvalue weighted by Gasteiger charge is -2.19. The number of rotatable bonds is 4. The first-order valence-electron chi connectivity index (χ1n) is 11.7. The Kier molecular flexibility index (Phi) is 5.44. The number of aromatic nitrogens is 6. The minimum absolute atomic E-state index is 0.116. The molecule has 176 valence electrons.